The lowest BCUT2D eigenvalue weighted by Crippen LogP contribution is -2.29. The lowest BCUT2D eigenvalue weighted by atomic mass is 10.1. The van der Waals surface area contributed by atoms with Gasteiger partial charge in [0.25, 0.3) is 15.9 Å². The van der Waals surface area contributed by atoms with Gasteiger partial charge in [0.1, 0.15) is 4.90 Å². The Kier molecular flexibility index (Phi) is 8.11. The fourth-order valence-electron chi connectivity index (χ4n) is 4.27. The summed E-state index contributed by atoms with van der Waals surface area (Å²) in [6.07, 6.45) is 3.79. The summed E-state index contributed by atoms with van der Waals surface area (Å²) in [5.41, 5.74) is 3.80. The average Bonchev–Trinajstić information content (AvgIpc) is 2.83. The Hall–Kier alpha value is -2.87. The lowest BCUT2D eigenvalue weighted by Gasteiger charge is -2.26. The summed E-state index contributed by atoms with van der Waals surface area (Å²) in [6, 6.07) is 19.5. The number of anilines is 1. The number of benzene rings is 3. The zero-order valence-electron chi connectivity index (χ0n) is 19.8. The highest BCUT2D eigenvalue weighted by molar-refractivity contribution is 7.92. The van der Waals surface area contributed by atoms with E-state index in [1.54, 1.807) is 18.2 Å². The van der Waals surface area contributed by atoms with Crippen LogP contribution in [0.15, 0.2) is 71.6 Å². The van der Waals surface area contributed by atoms with Crippen LogP contribution < -0.4 is 10.0 Å². The first-order valence-electron chi connectivity index (χ1n) is 11.8. The van der Waals surface area contributed by atoms with Gasteiger partial charge in [-0.25, -0.2) is 8.42 Å². The molecule has 4 rings (SSSR count). The van der Waals surface area contributed by atoms with E-state index in [9.17, 15) is 13.2 Å². The lowest BCUT2D eigenvalue weighted by molar-refractivity contribution is 0.0950. The number of aryl methyl sites for hydroxylation is 1. The second kappa shape index (κ2) is 11.2. The number of sulfonamides is 1. The first-order valence-corrected chi connectivity index (χ1v) is 13.6. The largest absolute Gasteiger partial charge is 0.348 e. The van der Waals surface area contributed by atoms with Crippen molar-refractivity contribution >= 4 is 33.2 Å². The smallest absolute Gasteiger partial charge is 0.263 e. The molecule has 1 saturated heterocycles. The highest BCUT2D eigenvalue weighted by Crippen LogP contribution is 2.25. The highest BCUT2D eigenvalue weighted by atomic mass is 35.5. The van der Waals surface area contributed by atoms with Crippen molar-refractivity contribution in [1.82, 2.24) is 10.2 Å². The van der Waals surface area contributed by atoms with Gasteiger partial charge in [0.15, 0.2) is 0 Å². The second-order valence-electron chi connectivity index (χ2n) is 8.96. The SMILES string of the molecule is Cc1cccc(NS(=O)(=O)c2cc(C(=O)NCc3cccc(CN4CCCCC4)c3)ccc2Cl)c1. The molecule has 0 aromatic heterocycles. The van der Waals surface area contributed by atoms with E-state index in [1.807, 2.05) is 25.1 Å². The molecule has 0 bridgehead atoms. The molecule has 1 aliphatic rings. The Balaban J connectivity index is 1.43. The van der Waals surface area contributed by atoms with Crippen molar-refractivity contribution in [2.45, 2.75) is 44.2 Å². The number of hydrogen-bond acceptors (Lipinski definition) is 4. The maximum Gasteiger partial charge on any atom is 0.263 e. The molecule has 6 nitrogen and oxygen atoms in total. The van der Waals surface area contributed by atoms with Crippen molar-refractivity contribution in [2.75, 3.05) is 17.8 Å². The minimum absolute atomic E-state index is 0.0483. The molecule has 35 heavy (non-hydrogen) atoms. The van der Waals surface area contributed by atoms with Gasteiger partial charge in [0, 0.05) is 24.3 Å². The Bertz CT molecular complexity index is 1300. The maximum absolute atomic E-state index is 13.0. The van der Waals surface area contributed by atoms with Crippen molar-refractivity contribution in [1.29, 1.82) is 0 Å². The fraction of sp³-hybridized carbons (Fsp3) is 0.296. The number of hydrogen-bond donors (Lipinski definition) is 2. The number of carbonyl (C=O) groups excluding carboxylic acids is 1. The van der Waals surface area contributed by atoms with Gasteiger partial charge in [-0.1, -0.05) is 54.4 Å². The molecule has 0 aliphatic carbocycles. The number of nitrogens with zero attached hydrogens (tertiary/aromatic N) is 1. The molecule has 1 amide bonds. The van der Waals surface area contributed by atoms with E-state index in [2.05, 4.69) is 27.1 Å². The van der Waals surface area contributed by atoms with Gasteiger partial charge in [0.05, 0.1) is 5.02 Å². The van der Waals surface area contributed by atoms with Crippen LogP contribution in [0.1, 0.15) is 46.3 Å². The summed E-state index contributed by atoms with van der Waals surface area (Å²) in [7, 11) is -3.97. The van der Waals surface area contributed by atoms with Crippen LogP contribution in [-0.4, -0.2) is 32.3 Å². The predicted octanol–water partition coefficient (Wildman–Crippen LogP) is 5.37. The van der Waals surface area contributed by atoms with Crippen molar-refractivity contribution in [2.24, 2.45) is 0 Å². The van der Waals surface area contributed by atoms with Crippen LogP contribution in [0.5, 0.6) is 0 Å². The first kappa shape index (κ1) is 25.2. The van der Waals surface area contributed by atoms with Crippen LogP contribution in [0.25, 0.3) is 0 Å². The van der Waals surface area contributed by atoms with E-state index in [0.717, 1.165) is 30.8 Å². The van der Waals surface area contributed by atoms with Crippen molar-refractivity contribution < 1.29 is 13.2 Å². The minimum Gasteiger partial charge on any atom is -0.348 e. The molecule has 184 valence electrons. The Morgan fingerprint density at radius 2 is 1.69 bits per heavy atom. The number of halogens is 1. The molecular formula is C27H30ClN3O3S. The summed E-state index contributed by atoms with van der Waals surface area (Å²) in [6.45, 7) is 5.38. The molecule has 2 N–H and O–H groups in total. The fourth-order valence-corrected chi connectivity index (χ4v) is 5.84. The third-order valence-corrected chi connectivity index (χ3v) is 7.92. The van der Waals surface area contributed by atoms with Gasteiger partial charge in [0.2, 0.25) is 0 Å². The number of nitrogens with one attached hydrogen (secondary N) is 2. The zero-order valence-corrected chi connectivity index (χ0v) is 21.3. The quantitative estimate of drug-likeness (QED) is 0.426. The highest BCUT2D eigenvalue weighted by Gasteiger charge is 2.21. The summed E-state index contributed by atoms with van der Waals surface area (Å²) in [5.74, 6) is -0.366. The molecule has 8 heteroatoms. The van der Waals surface area contributed by atoms with Gasteiger partial charge >= 0.3 is 0 Å². The number of likely N-dealkylation sites (tertiary alicyclic amines) is 1. The normalized spacial score (nSPS) is 14.5. The Morgan fingerprint density at radius 1 is 0.943 bits per heavy atom. The van der Waals surface area contributed by atoms with Crippen LogP contribution >= 0.6 is 11.6 Å². The van der Waals surface area contributed by atoms with Crippen LogP contribution in [0, 0.1) is 6.92 Å². The van der Waals surface area contributed by atoms with E-state index in [4.69, 9.17) is 11.6 Å². The van der Waals surface area contributed by atoms with Gasteiger partial charge in [-0.15, -0.1) is 0 Å². The van der Waals surface area contributed by atoms with E-state index >= 15 is 0 Å². The molecule has 3 aromatic carbocycles. The van der Waals surface area contributed by atoms with E-state index < -0.39 is 10.0 Å². The average molecular weight is 512 g/mol. The monoisotopic (exact) mass is 511 g/mol. The first-order chi connectivity index (χ1) is 16.8. The summed E-state index contributed by atoms with van der Waals surface area (Å²) in [4.78, 5) is 15.2. The third kappa shape index (κ3) is 6.84. The molecule has 0 atom stereocenters. The molecule has 3 aromatic rings. The van der Waals surface area contributed by atoms with E-state index in [-0.39, 0.29) is 21.4 Å². The van der Waals surface area contributed by atoms with Crippen molar-refractivity contribution in [3.8, 4) is 0 Å². The molecular weight excluding hydrogens is 482 g/mol. The molecule has 0 unspecified atom stereocenters. The Labute approximate surface area is 212 Å². The standard InChI is InChI=1S/C27H30ClN3O3S/c1-20-7-5-10-24(15-20)30-35(33,34)26-17-23(11-12-25(26)28)27(32)29-18-21-8-6-9-22(16-21)19-31-13-3-2-4-14-31/h5-12,15-17,30H,2-4,13-14,18-19H2,1H3,(H,29,32). The van der Waals surface area contributed by atoms with Crippen LogP contribution in [0.2, 0.25) is 5.02 Å². The third-order valence-electron chi connectivity index (χ3n) is 6.05. The summed E-state index contributed by atoms with van der Waals surface area (Å²) in [5, 5.41) is 2.94. The zero-order chi connectivity index (χ0) is 24.8. The number of piperidine rings is 1. The predicted molar refractivity (Wildman–Crippen MR) is 140 cm³/mol. The van der Waals surface area contributed by atoms with E-state index in [1.165, 1.54) is 43.0 Å². The number of rotatable bonds is 8. The van der Waals surface area contributed by atoms with Crippen LogP contribution in [0.4, 0.5) is 5.69 Å². The van der Waals surface area contributed by atoms with Gasteiger partial charge in [-0.3, -0.25) is 14.4 Å². The number of amides is 1. The molecule has 1 aliphatic heterocycles. The molecule has 1 fully saturated rings. The van der Waals surface area contributed by atoms with E-state index in [0.29, 0.717) is 12.2 Å². The summed E-state index contributed by atoms with van der Waals surface area (Å²) < 4.78 is 28.4. The van der Waals surface area contributed by atoms with Crippen molar-refractivity contribution in [3.05, 3.63) is 94.0 Å². The van der Waals surface area contributed by atoms with Crippen LogP contribution in [-0.2, 0) is 23.1 Å². The van der Waals surface area contributed by atoms with Crippen LogP contribution in [0.3, 0.4) is 0 Å². The summed E-state index contributed by atoms with van der Waals surface area (Å²) >= 11 is 6.20. The van der Waals surface area contributed by atoms with Gasteiger partial charge in [-0.05, 0) is 79.9 Å². The molecule has 0 radical (unpaired) electrons. The van der Waals surface area contributed by atoms with Crippen molar-refractivity contribution in [3.63, 3.8) is 0 Å². The molecule has 0 saturated carbocycles. The van der Waals surface area contributed by atoms with Gasteiger partial charge < -0.3 is 5.32 Å². The molecule has 0 spiro atoms. The van der Waals surface area contributed by atoms with Gasteiger partial charge in [-0.2, -0.15) is 0 Å². The topological polar surface area (TPSA) is 78.5 Å². The molecule has 1 heterocycles. The Morgan fingerprint density at radius 3 is 2.46 bits per heavy atom. The second-order valence-corrected chi connectivity index (χ2v) is 11.0. The minimum atomic E-state index is -3.97. The number of carbonyl (C=O) groups is 1. The maximum atomic E-state index is 13.0.